The fourth-order valence-corrected chi connectivity index (χ4v) is 4.62. The molecule has 1 aromatic carbocycles. The minimum atomic E-state index is -0.788. The van der Waals surface area contributed by atoms with E-state index in [0.29, 0.717) is 18.7 Å². The number of nitrogens with two attached hydrogens (primary N) is 1. The van der Waals surface area contributed by atoms with Crippen LogP contribution in [0.3, 0.4) is 0 Å². The number of carbonyl (C=O) groups excluding carboxylic acids is 3. The summed E-state index contributed by atoms with van der Waals surface area (Å²) in [5.41, 5.74) is 6.78. The first-order valence-corrected chi connectivity index (χ1v) is 12.4. The Morgan fingerprint density at radius 2 is 1.81 bits per heavy atom. The first kappa shape index (κ1) is 26.5. The molecular weight excluding hydrogens is 526 g/mol. The molecule has 1 aromatic rings. The minimum absolute atomic E-state index is 0.0360. The Morgan fingerprint density at radius 1 is 1.19 bits per heavy atom. The maximum Gasteiger partial charge on any atom is 0.281 e. The van der Waals surface area contributed by atoms with Crippen LogP contribution < -0.4 is 16.4 Å². The molecule has 1 fully saturated rings. The van der Waals surface area contributed by atoms with Gasteiger partial charge in [-0.1, -0.05) is 32.3 Å². The molecule has 4 N–H and O–H groups in total. The van der Waals surface area contributed by atoms with E-state index in [4.69, 9.17) is 5.73 Å². The highest BCUT2D eigenvalue weighted by molar-refractivity contribution is 14.1. The molecular formula is C23H34FIN4O3. The predicted octanol–water partition coefficient (Wildman–Crippen LogP) is 4.16. The van der Waals surface area contributed by atoms with Gasteiger partial charge >= 0.3 is 0 Å². The van der Waals surface area contributed by atoms with Crippen molar-refractivity contribution in [3.05, 3.63) is 29.6 Å². The molecule has 1 aliphatic carbocycles. The smallest absolute Gasteiger partial charge is 0.281 e. The molecule has 178 valence electrons. The molecule has 0 radical (unpaired) electrons. The van der Waals surface area contributed by atoms with E-state index in [2.05, 4.69) is 10.6 Å². The van der Waals surface area contributed by atoms with Crippen LogP contribution in [0.5, 0.6) is 0 Å². The number of benzene rings is 1. The van der Waals surface area contributed by atoms with E-state index in [1.165, 1.54) is 12.1 Å². The summed E-state index contributed by atoms with van der Waals surface area (Å²) < 4.78 is 14.5. The quantitative estimate of drug-likeness (QED) is 0.240. The molecule has 3 atom stereocenters. The fraction of sp³-hybridized carbons (Fsp3) is 0.609. The molecule has 1 saturated carbocycles. The zero-order valence-corrected chi connectivity index (χ0v) is 21.2. The van der Waals surface area contributed by atoms with Crippen molar-refractivity contribution in [2.24, 2.45) is 11.7 Å². The third-order valence-electron chi connectivity index (χ3n) is 6.35. The van der Waals surface area contributed by atoms with Gasteiger partial charge in [0.05, 0.1) is 11.7 Å². The summed E-state index contributed by atoms with van der Waals surface area (Å²) in [6.45, 7) is 6.68. The molecule has 0 aliphatic heterocycles. The lowest BCUT2D eigenvalue weighted by atomic mass is 9.83. The summed E-state index contributed by atoms with van der Waals surface area (Å²) in [5.74, 6) is -1.56. The summed E-state index contributed by atoms with van der Waals surface area (Å²) >= 11 is 1.61. The number of halogens is 2. The summed E-state index contributed by atoms with van der Waals surface area (Å²) in [7, 11) is 0. The van der Waals surface area contributed by atoms with Crippen LogP contribution in [-0.4, -0.2) is 45.8 Å². The topological polar surface area (TPSA) is 105 Å². The van der Waals surface area contributed by atoms with Crippen LogP contribution in [0, 0.1) is 11.7 Å². The average Bonchev–Trinajstić information content (AvgIpc) is 2.78. The van der Waals surface area contributed by atoms with Crippen LogP contribution in [0.25, 0.3) is 0 Å². The van der Waals surface area contributed by atoms with Crippen molar-refractivity contribution < 1.29 is 18.8 Å². The number of anilines is 1. The molecule has 0 saturated heterocycles. The van der Waals surface area contributed by atoms with Gasteiger partial charge in [-0.3, -0.25) is 14.4 Å². The Kier molecular flexibility index (Phi) is 10.3. The molecule has 1 aliphatic rings. The van der Waals surface area contributed by atoms with E-state index >= 15 is 0 Å². The van der Waals surface area contributed by atoms with Gasteiger partial charge in [0, 0.05) is 41.6 Å². The first-order valence-electron chi connectivity index (χ1n) is 11.3. The third-order valence-corrected chi connectivity index (χ3v) is 6.66. The number of hydrogen-bond donors (Lipinski definition) is 3. The molecule has 0 unspecified atom stereocenters. The van der Waals surface area contributed by atoms with Gasteiger partial charge in [-0.15, -0.1) is 0 Å². The van der Waals surface area contributed by atoms with Gasteiger partial charge in [-0.2, -0.15) is 0 Å². The van der Waals surface area contributed by atoms with E-state index in [9.17, 15) is 18.8 Å². The third kappa shape index (κ3) is 6.87. The average molecular weight is 560 g/mol. The summed E-state index contributed by atoms with van der Waals surface area (Å²) in [5, 5.41) is 5.35. The van der Waals surface area contributed by atoms with E-state index < -0.39 is 29.7 Å². The maximum absolute atomic E-state index is 14.9. The van der Waals surface area contributed by atoms with Crippen LogP contribution in [0.2, 0.25) is 0 Å². The Balaban J connectivity index is 2.13. The SMILES string of the molecule is CCN(CC)C(=O)[C@H](N)[C@@H](C)c1ccc(NC(=O)[C@@H](NC(=O)I)C2CCCCC2)c(F)c1. The number of carbonyl (C=O) groups is 3. The minimum Gasteiger partial charge on any atom is -0.342 e. The van der Waals surface area contributed by atoms with Crippen LogP contribution in [0.1, 0.15) is 64.4 Å². The number of nitrogens with one attached hydrogen (secondary N) is 2. The van der Waals surface area contributed by atoms with Crippen molar-refractivity contribution in [2.45, 2.75) is 70.9 Å². The van der Waals surface area contributed by atoms with E-state index in [-0.39, 0.29) is 21.4 Å². The van der Waals surface area contributed by atoms with Crippen molar-refractivity contribution in [3.8, 4) is 0 Å². The van der Waals surface area contributed by atoms with Gasteiger partial charge in [0.25, 0.3) is 3.91 Å². The molecule has 0 aromatic heterocycles. The maximum atomic E-state index is 14.9. The molecule has 7 nitrogen and oxygen atoms in total. The highest BCUT2D eigenvalue weighted by Crippen LogP contribution is 2.29. The van der Waals surface area contributed by atoms with Gasteiger partial charge < -0.3 is 21.3 Å². The Hall–Kier alpha value is -1.75. The summed E-state index contributed by atoms with van der Waals surface area (Å²) in [6, 6.07) is 2.98. The zero-order chi connectivity index (χ0) is 23.8. The van der Waals surface area contributed by atoms with Gasteiger partial charge in [-0.25, -0.2) is 4.39 Å². The Labute approximate surface area is 203 Å². The van der Waals surface area contributed by atoms with Crippen molar-refractivity contribution in [1.29, 1.82) is 0 Å². The van der Waals surface area contributed by atoms with Crippen LogP contribution >= 0.6 is 22.6 Å². The fourth-order valence-electron chi connectivity index (χ4n) is 4.28. The summed E-state index contributed by atoms with van der Waals surface area (Å²) in [4.78, 5) is 38.7. The predicted molar refractivity (Wildman–Crippen MR) is 132 cm³/mol. The van der Waals surface area contributed by atoms with E-state index in [0.717, 1.165) is 32.1 Å². The summed E-state index contributed by atoms with van der Waals surface area (Å²) in [6.07, 6.45) is 4.85. The number of nitrogens with zero attached hydrogens (tertiary/aromatic N) is 1. The monoisotopic (exact) mass is 560 g/mol. The lowest BCUT2D eigenvalue weighted by Crippen LogP contribution is -2.47. The molecule has 2 rings (SSSR count). The molecule has 9 heteroatoms. The van der Waals surface area contributed by atoms with E-state index in [1.54, 1.807) is 40.5 Å². The van der Waals surface area contributed by atoms with Gasteiger partial charge in [0.2, 0.25) is 11.8 Å². The molecule has 0 spiro atoms. The highest BCUT2D eigenvalue weighted by Gasteiger charge is 2.31. The second kappa shape index (κ2) is 12.5. The second-order valence-corrected chi connectivity index (χ2v) is 9.33. The number of likely N-dealkylation sites (N-methyl/N-ethyl adjacent to an activating group) is 1. The van der Waals surface area contributed by atoms with Crippen molar-refractivity contribution in [2.75, 3.05) is 18.4 Å². The molecule has 3 amide bonds. The number of hydrogen-bond acceptors (Lipinski definition) is 4. The van der Waals surface area contributed by atoms with Crippen molar-refractivity contribution in [3.63, 3.8) is 0 Å². The number of rotatable bonds is 9. The van der Waals surface area contributed by atoms with Gasteiger partial charge in [0.1, 0.15) is 11.9 Å². The van der Waals surface area contributed by atoms with Crippen molar-refractivity contribution >= 4 is 44.0 Å². The van der Waals surface area contributed by atoms with Gasteiger partial charge in [-0.05, 0) is 50.3 Å². The van der Waals surface area contributed by atoms with Crippen LogP contribution in [0.4, 0.5) is 14.9 Å². The molecule has 0 bridgehead atoms. The number of amides is 3. The van der Waals surface area contributed by atoms with E-state index in [1.807, 2.05) is 13.8 Å². The zero-order valence-electron chi connectivity index (χ0n) is 19.0. The standard InChI is InChI=1S/C23H34FIN4O3/c1-4-29(5-2)22(31)19(26)14(3)16-11-12-18(17(24)13-16)27-21(30)20(28-23(25)32)15-9-7-6-8-10-15/h11-15,19-20H,4-10,26H2,1-3H3,(H,27,30)(H,28,32)/t14-,19+,20-/m0/s1. The molecule has 32 heavy (non-hydrogen) atoms. The Bertz CT molecular complexity index is 812. The van der Waals surface area contributed by atoms with Crippen LogP contribution in [-0.2, 0) is 9.59 Å². The Morgan fingerprint density at radius 3 is 2.34 bits per heavy atom. The van der Waals surface area contributed by atoms with Gasteiger partial charge in [0.15, 0.2) is 0 Å². The highest BCUT2D eigenvalue weighted by atomic mass is 127. The lowest BCUT2D eigenvalue weighted by molar-refractivity contribution is -0.132. The first-order chi connectivity index (χ1) is 15.2. The van der Waals surface area contributed by atoms with Crippen molar-refractivity contribution in [1.82, 2.24) is 10.2 Å². The molecule has 0 heterocycles. The van der Waals surface area contributed by atoms with Crippen LogP contribution in [0.15, 0.2) is 18.2 Å². The second-order valence-electron chi connectivity index (χ2n) is 8.35. The lowest BCUT2D eigenvalue weighted by Gasteiger charge is -2.29. The normalized spacial score (nSPS) is 17.2. The largest absolute Gasteiger partial charge is 0.342 e.